The van der Waals surface area contributed by atoms with Crippen LogP contribution in [0.1, 0.15) is 22.3 Å². The van der Waals surface area contributed by atoms with Crippen LogP contribution < -0.4 is 0 Å². The van der Waals surface area contributed by atoms with Crippen LogP contribution in [0.4, 0.5) is 0 Å². The number of hydrogen-bond donors (Lipinski definition) is 0. The summed E-state index contributed by atoms with van der Waals surface area (Å²) in [7, 11) is 0. The van der Waals surface area contributed by atoms with Crippen molar-refractivity contribution in [1.29, 1.82) is 0 Å². The lowest BCUT2D eigenvalue weighted by molar-refractivity contribution is 1.51. The maximum absolute atomic E-state index is 2.43. The highest BCUT2D eigenvalue weighted by atomic mass is 14.3. The standard InChI is InChI=1S/C40H26/c1-19-5-7-23-25-9-11-28-32-16-22(4)18-34-30-14-20(2)6-8-24(30)26-10-12-27-31-15-21(3)17-33(29(23)13-19)35(31)37(25)39(28)40(27)38(26)36(32)34/h5-18H,1-4H3. The van der Waals surface area contributed by atoms with Crippen LogP contribution in [0.25, 0.3) is 97.0 Å². The van der Waals surface area contributed by atoms with Gasteiger partial charge in [-0.2, -0.15) is 0 Å². The molecular weight excluding hydrogens is 480 g/mol. The van der Waals surface area contributed by atoms with Crippen molar-refractivity contribution in [3.63, 3.8) is 0 Å². The topological polar surface area (TPSA) is 0 Å². The summed E-state index contributed by atoms with van der Waals surface area (Å²) in [6, 6.07) is 33.4. The van der Waals surface area contributed by atoms with Gasteiger partial charge in [-0.3, -0.25) is 0 Å². The molecular formula is C40H26. The van der Waals surface area contributed by atoms with Crippen LogP contribution in [0.2, 0.25) is 0 Å². The summed E-state index contributed by atoms with van der Waals surface area (Å²) in [6.07, 6.45) is 0. The summed E-state index contributed by atoms with van der Waals surface area (Å²) in [4.78, 5) is 0. The SMILES string of the molecule is Cc1ccc2c(c1)c1cc(C)cc3c4ccc5c6ccc(C)cc6c6cc(C)cc7c8ccc2c(c13)c8c4c5c67. The first-order chi connectivity index (χ1) is 19.5. The molecule has 0 aliphatic heterocycles. The van der Waals surface area contributed by atoms with E-state index in [1.54, 1.807) is 0 Å². The predicted molar refractivity (Wildman–Crippen MR) is 177 cm³/mol. The molecule has 40 heavy (non-hydrogen) atoms. The lowest BCUT2D eigenvalue weighted by atomic mass is 9.78. The molecule has 0 heteroatoms. The van der Waals surface area contributed by atoms with Crippen molar-refractivity contribution in [3.05, 3.63) is 107 Å². The summed E-state index contributed by atoms with van der Waals surface area (Å²) in [5.41, 5.74) is 5.27. The van der Waals surface area contributed by atoms with E-state index < -0.39 is 0 Å². The van der Waals surface area contributed by atoms with Gasteiger partial charge < -0.3 is 0 Å². The van der Waals surface area contributed by atoms with Crippen LogP contribution in [0, 0.1) is 27.7 Å². The zero-order valence-electron chi connectivity index (χ0n) is 23.1. The summed E-state index contributed by atoms with van der Waals surface area (Å²) in [5, 5.41) is 25.1. The zero-order valence-corrected chi connectivity index (χ0v) is 23.1. The normalized spacial score (nSPS) is 13.0. The van der Waals surface area contributed by atoms with Gasteiger partial charge in [0.05, 0.1) is 0 Å². The Balaban J connectivity index is 1.66. The van der Waals surface area contributed by atoms with Crippen LogP contribution in [0.5, 0.6) is 0 Å². The molecule has 0 radical (unpaired) electrons. The minimum atomic E-state index is 1.31. The van der Waals surface area contributed by atoms with E-state index in [-0.39, 0.29) is 0 Å². The fraction of sp³-hybridized carbons (Fsp3) is 0.100. The monoisotopic (exact) mass is 506 g/mol. The van der Waals surface area contributed by atoms with E-state index in [2.05, 4.69) is 113 Å². The molecule has 0 aliphatic carbocycles. The van der Waals surface area contributed by atoms with Gasteiger partial charge in [-0.1, -0.05) is 96.1 Å². The van der Waals surface area contributed by atoms with Crippen LogP contribution in [-0.4, -0.2) is 0 Å². The van der Waals surface area contributed by atoms with Crippen molar-refractivity contribution in [2.24, 2.45) is 0 Å². The molecule has 0 heterocycles. The summed E-state index contributed by atoms with van der Waals surface area (Å²) in [6.45, 7) is 8.93. The lowest BCUT2D eigenvalue weighted by Crippen LogP contribution is -1.96. The van der Waals surface area contributed by atoms with Crippen LogP contribution in [0.15, 0.2) is 84.9 Å². The summed E-state index contributed by atoms with van der Waals surface area (Å²) in [5.74, 6) is 0. The quantitative estimate of drug-likeness (QED) is 0.142. The van der Waals surface area contributed by atoms with E-state index in [9.17, 15) is 0 Å². The van der Waals surface area contributed by atoms with Gasteiger partial charge in [-0.15, -0.1) is 0 Å². The third kappa shape index (κ3) is 2.29. The van der Waals surface area contributed by atoms with Crippen LogP contribution in [-0.2, 0) is 0 Å². The van der Waals surface area contributed by atoms with Gasteiger partial charge in [-0.25, -0.2) is 0 Å². The molecule has 0 amide bonds. The molecule has 0 bridgehead atoms. The Kier molecular flexibility index (Phi) is 3.56. The molecule has 0 saturated carbocycles. The van der Waals surface area contributed by atoms with E-state index in [1.807, 2.05) is 0 Å². The highest BCUT2D eigenvalue weighted by Gasteiger charge is 2.25. The first-order valence-electron chi connectivity index (χ1n) is 14.4. The molecule has 0 spiro atoms. The van der Waals surface area contributed by atoms with Crippen molar-refractivity contribution in [3.8, 4) is 0 Å². The van der Waals surface area contributed by atoms with E-state index in [4.69, 9.17) is 0 Å². The van der Waals surface area contributed by atoms with Gasteiger partial charge in [0, 0.05) is 0 Å². The largest absolute Gasteiger partial charge is 0.0587 e. The van der Waals surface area contributed by atoms with E-state index >= 15 is 0 Å². The maximum atomic E-state index is 2.43. The third-order valence-corrected chi connectivity index (χ3v) is 9.82. The summed E-state index contributed by atoms with van der Waals surface area (Å²) >= 11 is 0. The van der Waals surface area contributed by atoms with Crippen LogP contribution in [0.3, 0.4) is 0 Å². The van der Waals surface area contributed by atoms with Gasteiger partial charge in [0.25, 0.3) is 0 Å². The number of aryl methyl sites for hydroxylation is 4. The Morgan fingerprint density at radius 1 is 0.225 bits per heavy atom. The van der Waals surface area contributed by atoms with Crippen molar-refractivity contribution >= 4 is 97.0 Å². The van der Waals surface area contributed by atoms with Crippen molar-refractivity contribution in [1.82, 2.24) is 0 Å². The van der Waals surface area contributed by atoms with Gasteiger partial charge >= 0.3 is 0 Å². The molecule has 0 unspecified atom stereocenters. The molecule has 10 aromatic carbocycles. The minimum absolute atomic E-state index is 1.31. The Labute approximate surface area is 231 Å². The minimum Gasteiger partial charge on any atom is -0.0587 e. The number of hydrogen-bond acceptors (Lipinski definition) is 0. The molecule has 0 aromatic heterocycles. The Hall–Kier alpha value is -4.68. The second-order valence-corrected chi connectivity index (χ2v) is 12.4. The number of benzene rings is 10. The second kappa shape index (κ2) is 6.72. The average molecular weight is 507 g/mol. The van der Waals surface area contributed by atoms with Crippen molar-refractivity contribution < 1.29 is 0 Å². The predicted octanol–water partition coefficient (Wildman–Crippen LogP) is 11.6. The highest BCUT2D eigenvalue weighted by molar-refractivity contribution is 6.51. The first kappa shape index (κ1) is 21.2. The second-order valence-electron chi connectivity index (χ2n) is 12.4. The lowest BCUT2D eigenvalue weighted by Gasteiger charge is -2.24. The molecule has 0 N–H and O–H groups in total. The van der Waals surface area contributed by atoms with Gasteiger partial charge in [0.1, 0.15) is 0 Å². The molecule has 0 saturated heterocycles. The number of rotatable bonds is 0. The van der Waals surface area contributed by atoms with E-state index in [0.29, 0.717) is 0 Å². The smallest absolute Gasteiger partial charge is 0.000718 e. The maximum Gasteiger partial charge on any atom is -0.000718 e. The molecule has 10 rings (SSSR count). The molecule has 0 aliphatic rings. The highest BCUT2D eigenvalue weighted by Crippen LogP contribution is 2.53. The molecule has 186 valence electrons. The first-order valence-corrected chi connectivity index (χ1v) is 14.4. The van der Waals surface area contributed by atoms with Gasteiger partial charge in [0.15, 0.2) is 0 Å². The van der Waals surface area contributed by atoms with Crippen molar-refractivity contribution in [2.45, 2.75) is 27.7 Å². The molecule has 0 nitrogen and oxygen atoms in total. The average Bonchev–Trinajstić information content (AvgIpc) is 2.95. The van der Waals surface area contributed by atoms with Crippen LogP contribution >= 0.6 is 0 Å². The fourth-order valence-electron chi connectivity index (χ4n) is 8.33. The van der Waals surface area contributed by atoms with E-state index in [0.717, 1.165) is 0 Å². The molecule has 0 atom stereocenters. The third-order valence-electron chi connectivity index (χ3n) is 9.82. The van der Waals surface area contributed by atoms with E-state index in [1.165, 1.54) is 119 Å². The van der Waals surface area contributed by atoms with Crippen molar-refractivity contribution in [2.75, 3.05) is 0 Å². The zero-order chi connectivity index (χ0) is 26.6. The van der Waals surface area contributed by atoms with Gasteiger partial charge in [0.2, 0.25) is 0 Å². The number of fused-ring (bicyclic) bond motifs is 8. The fourth-order valence-corrected chi connectivity index (χ4v) is 8.33. The molecule has 0 fully saturated rings. The Morgan fingerprint density at radius 3 is 0.900 bits per heavy atom. The van der Waals surface area contributed by atoms with Gasteiger partial charge in [-0.05, 0) is 136 Å². The summed E-state index contributed by atoms with van der Waals surface area (Å²) < 4.78 is 0. The Bertz CT molecular complexity index is 2530. The Morgan fingerprint density at radius 2 is 0.500 bits per heavy atom. The molecule has 10 aromatic rings.